The summed E-state index contributed by atoms with van der Waals surface area (Å²) in [6.07, 6.45) is 5.49. The zero-order valence-corrected chi connectivity index (χ0v) is 9.30. The minimum absolute atomic E-state index is 0.259. The molecule has 0 aliphatic carbocycles. The van der Waals surface area contributed by atoms with E-state index >= 15 is 0 Å². The van der Waals surface area contributed by atoms with Gasteiger partial charge in [0.15, 0.2) is 0 Å². The molecule has 0 radical (unpaired) electrons. The molecule has 0 amide bonds. The number of carbonyl (C=O) groups is 1. The van der Waals surface area contributed by atoms with Crippen LogP contribution in [0.4, 0.5) is 0 Å². The molecule has 0 bridgehead atoms. The van der Waals surface area contributed by atoms with Gasteiger partial charge in [0.1, 0.15) is 0 Å². The maximum Gasteiger partial charge on any atom is 0.306 e. The monoisotopic (exact) mass is 221 g/mol. The standard InChI is InChI=1S/C10H20ClNO2/c11-7-6-9(10(13)14)5-3-1-2-4-8-12/h9H,1-8,12H2,(H,13,14). The number of hydrogen-bond donors (Lipinski definition) is 2. The van der Waals surface area contributed by atoms with Gasteiger partial charge < -0.3 is 10.8 Å². The molecule has 0 rings (SSSR count). The molecule has 0 aliphatic rings. The van der Waals surface area contributed by atoms with Gasteiger partial charge in [0.05, 0.1) is 5.92 Å². The molecule has 1 unspecified atom stereocenters. The highest BCUT2D eigenvalue weighted by molar-refractivity contribution is 6.17. The van der Waals surface area contributed by atoms with E-state index in [0.717, 1.165) is 38.6 Å². The first-order valence-corrected chi connectivity index (χ1v) is 5.74. The van der Waals surface area contributed by atoms with Gasteiger partial charge in [-0.1, -0.05) is 19.3 Å². The normalized spacial score (nSPS) is 12.7. The van der Waals surface area contributed by atoms with Crippen LogP contribution < -0.4 is 5.73 Å². The third-order valence-electron chi connectivity index (χ3n) is 2.31. The Kier molecular flexibility index (Phi) is 9.10. The van der Waals surface area contributed by atoms with Crippen LogP contribution in [0.2, 0.25) is 0 Å². The third kappa shape index (κ3) is 7.15. The topological polar surface area (TPSA) is 63.3 Å². The first kappa shape index (κ1) is 13.7. The van der Waals surface area contributed by atoms with Crippen LogP contribution in [-0.2, 0) is 4.79 Å². The summed E-state index contributed by atoms with van der Waals surface area (Å²) >= 11 is 5.52. The number of carboxylic acids is 1. The highest BCUT2D eigenvalue weighted by Crippen LogP contribution is 2.15. The molecular formula is C10H20ClNO2. The Bertz CT molecular complexity index is 153. The van der Waals surface area contributed by atoms with Crippen LogP contribution >= 0.6 is 11.6 Å². The van der Waals surface area contributed by atoms with Gasteiger partial charge >= 0.3 is 5.97 Å². The van der Waals surface area contributed by atoms with E-state index in [4.69, 9.17) is 22.4 Å². The summed E-state index contributed by atoms with van der Waals surface area (Å²) in [7, 11) is 0. The average Bonchev–Trinajstić information content (AvgIpc) is 2.15. The Morgan fingerprint density at radius 1 is 1.21 bits per heavy atom. The second kappa shape index (κ2) is 9.28. The van der Waals surface area contributed by atoms with Crippen molar-refractivity contribution in [1.82, 2.24) is 0 Å². The van der Waals surface area contributed by atoms with Crippen molar-refractivity contribution < 1.29 is 9.90 Å². The van der Waals surface area contributed by atoms with E-state index < -0.39 is 5.97 Å². The van der Waals surface area contributed by atoms with Crippen LogP contribution in [0.5, 0.6) is 0 Å². The van der Waals surface area contributed by atoms with Crippen molar-refractivity contribution in [2.75, 3.05) is 12.4 Å². The van der Waals surface area contributed by atoms with E-state index in [-0.39, 0.29) is 5.92 Å². The molecule has 0 saturated heterocycles. The highest BCUT2D eigenvalue weighted by Gasteiger charge is 2.15. The summed E-state index contributed by atoms with van der Waals surface area (Å²) in [6.45, 7) is 0.726. The lowest BCUT2D eigenvalue weighted by Gasteiger charge is -2.09. The minimum atomic E-state index is -0.718. The lowest BCUT2D eigenvalue weighted by Crippen LogP contribution is -2.14. The number of rotatable bonds is 9. The molecule has 0 aromatic heterocycles. The van der Waals surface area contributed by atoms with Gasteiger partial charge in [0.2, 0.25) is 0 Å². The summed E-state index contributed by atoms with van der Waals surface area (Å²) in [4.78, 5) is 10.7. The lowest BCUT2D eigenvalue weighted by atomic mass is 9.98. The number of carboxylic acid groups (broad SMARTS) is 1. The average molecular weight is 222 g/mol. The van der Waals surface area contributed by atoms with E-state index in [0.29, 0.717) is 12.3 Å². The van der Waals surface area contributed by atoms with Crippen LogP contribution in [0, 0.1) is 5.92 Å². The molecule has 1 atom stereocenters. The molecule has 14 heavy (non-hydrogen) atoms. The molecule has 0 aliphatic heterocycles. The van der Waals surface area contributed by atoms with Crippen LogP contribution in [0.3, 0.4) is 0 Å². The van der Waals surface area contributed by atoms with Crippen molar-refractivity contribution in [2.24, 2.45) is 11.7 Å². The van der Waals surface area contributed by atoms with E-state index in [1.807, 2.05) is 0 Å². The van der Waals surface area contributed by atoms with Crippen molar-refractivity contribution in [3.8, 4) is 0 Å². The van der Waals surface area contributed by atoms with Gasteiger partial charge in [-0.25, -0.2) is 0 Å². The number of hydrogen-bond acceptors (Lipinski definition) is 2. The molecule has 0 saturated carbocycles. The van der Waals surface area contributed by atoms with Gasteiger partial charge in [-0.15, -0.1) is 11.6 Å². The van der Waals surface area contributed by atoms with Crippen LogP contribution in [0.1, 0.15) is 38.5 Å². The Balaban J connectivity index is 3.46. The summed E-state index contributed by atoms with van der Waals surface area (Å²) < 4.78 is 0. The zero-order valence-electron chi connectivity index (χ0n) is 8.54. The molecule has 84 valence electrons. The Hall–Kier alpha value is -0.280. The van der Waals surface area contributed by atoms with E-state index in [1.54, 1.807) is 0 Å². The molecule has 4 heteroatoms. The van der Waals surface area contributed by atoms with E-state index in [1.165, 1.54) is 0 Å². The number of aliphatic carboxylic acids is 1. The van der Waals surface area contributed by atoms with E-state index in [9.17, 15) is 4.79 Å². The fourth-order valence-electron chi connectivity index (χ4n) is 1.41. The second-order valence-corrected chi connectivity index (χ2v) is 3.88. The van der Waals surface area contributed by atoms with Gasteiger partial charge in [-0.05, 0) is 25.8 Å². The van der Waals surface area contributed by atoms with Crippen molar-refractivity contribution in [1.29, 1.82) is 0 Å². The van der Waals surface area contributed by atoms with Crippen molar-refractivity contribution >= 4 is 17.6 Å². The van der Waals surface area contributed by atoms with Crippen LogP contribution in [0.15, 0.2) is 0 Å². The molecule has 0 spiro atoms. The Labute approximate surface area is 90.6 Å². The van der Waals surface area contributed by atoms with Crippen LogP contribution in [0.25, 0.3) is 0 Å². The molecule has 3 nitrogen and oxygen atoms in total. The third-order valence-corrected chi connectivity index (χ3v) is 2.53. The lowest BCUT2D eigenvalue weighted by molar-refractivity contribution is -0.142. The fraction of sp³-hybridized carbons (Fsp3) is 0.900. The zero-order chi connectivity index (χ0) is 10.8. The molecule has 0 heterocycles. The van der Waals surface area contributed by atoms with Gasteiger partial charge in [0, 0.05) is 5.88 Å². The summed E-state index contributed by atoms with van der Waals surface area (Å²) in [5, 5.41) is 8.83. The number of alkyl halides is 1. The molecular weight excluding hydrogens is 202 g/mol. The summed E-state index contributed by atoms with van der Waals surface area (Å²) in [5.74, 6) is -0.547. The van der Waals surface area contributed by atoms with Gasteiger partial charge in [0.25, 0.3) is 0 Å². The second-order valence-electron chi connectivity index (χ2n) is 3.50. The number of halogens is 1. The molecule has 0 fully saturated rings. The van der Waals surface area contributed by atoms with Crippen molar-refractivity contribution in [3.63, 3.8) is 0 Å². The maximum absolute atomic E-state index is 10.7. The Morgan fingerprint density at radius 2 is 1.86 bits per heavy atom. The number of unbranched alkanes of at least 4 members (excludes halogenated alkanes) is 3. The first-order chi connectivity index (χ1) is 6.72. The number of nitrogens with two attached hydrogens (primary N) is 1. The first-order valence-electron chi connectivity index (χ1n) is 5.21. The predicted octanol–water partition coefficient (Wildman–Crippen LogP) is 2.23. The van der Waals surface area contributed by atoms with Gasteiger partial charge in [-0.2, -0.15) is 0 Å². The molecule has 3 N–H and O–H groups in total. The predicted molar refractivity (Wildman–Crippen MR) is 58.6 cm³/mol. The Morgan fingerprint density at radius 3 is 2.36 bits per heavy atom. The largest absolute Gasteiger partial charge is 0.481 e. The molecule has 0 aromatic rings. The van der Waals surface area contributed by atoms with E-state index in [2.05, 4.69) is 0 Å². The minimum Gasteiger partial charge on any atom is -0.481 e. The smallest absolute Gasteiger partial charge is 0.306 e. The highest BCUT2D eigenvalue weighted by atomic mass is 35.5. The van der Waals surface area contributed by atoms with Crippen molar-refractivity contribution in [2.45, 2.75) is 38.5 Å². The maximum atomic E-state index is 10.7. The summed E-state index contributed by atoms with van der Waals surface area (Å²) in [5.41, 5.74) is 5.35. The van der Waals surface area contributed by atoms with Crippen LogP contribution in [-0.4, -0.2) is 23.5 Å². The van der Waals surface area contributed by atoms with Crippen molar-refractivity contribution in [3.05, 3.63) is 0 Å². The quantitative estimate of drug-likeness (QED) is 0.464. The fourth-order valence-corrected chi connectivity index (χ4v) is 1.68. The van der Waals surface area contributed by atoms with Gasteiger partial charge in [-0.3, -0.25) is 4.79 Å². The SMILES string of the molecule is NCCCCCCC(CCCl)C(=O)O. The summed E-state index contributed by atoms with van der Waals surface area (Å²) in [6, 6.07) is 0. The molecule has 0 aromatic carbocycles.